The summed E-state index contributed by atoms with van der Waals surface area (Å²) in [5, 5.41) is 0. The summed E-state index contributed by atoms with van der Waals surface area (Å²) in [6.45, 7) is 4.18. The molecule has 0 fully saturated rings. The average Bonchev–Trinajstić information content (AvgIpc) is 3.42. The minimum absolute atomic E-state index is 0.0671. The van der Waals surface area contributed by atoms with Gasteiger partial charge in [0.15, 0.2) is 4.80 Å². The van der Waals surface area contributed by atoms with Gasteiger partial charge in [0.05, 0.1) is 16.3 Å². The molecule has 1 atom stereocenters. The Morgan fingerprint density at radius 1 is 1.00 bits per heavy atom. The molecule has 0 bridgehead atoms. The molecule has 0 unspecified atom stereocenters. The van der Waals surface area contributed by atoms with Crippen LogP contribution >= 0.6 is 33.9 Å². The summed E-state index contributed by atoms with van der Waals surface area (Å²) >= 11 is 3.73. The minimum atomic E-state index is -0.318. The number of aryl methyl sites for hydroxylation is 2. The van der Waals surface area contributed by atoms with E-state index in [0.29, 0.717) is 9.33 Å². The smallest absolute Gasteiger partial charge is 0.271 e. The lowest BCUT2D eigenvalue weighted by Crippen LogP contribution is -2.38. The van der Waals surface area contributed by atoms with E-state index in [-0.39, 0.29) is 17.4 Å². The predicted octanol–water partition coefficient (Wildman–Crippen LogP) is 6.47. The number of allylic oxidation sites excluding steroid dienone is 1. The van der Waals surface area contributed by atoms with Crippen molar-refractivity contribution in [3.63, 3.8) is 0 Å². The minimum Gasteiger partial charge on any atom is -0.318 e. The summed E-state index contributed by atoms with van der Waals surface area (Å²) in [6, 6.07) is 25.1. The van der Waals surface area contributed by atoms with Gasteiger partial charge in [-0.15, -0.1) is 0 Å². The Bertz CT molecular complexity index is 2010. The van der Waals surface area contributed by atoms with Crippen molar-refractivity contribution in [3.8, 4) is 5.69 Å². The molecule has 0 radical (unpaired) electrons. The summed E-state index contributed by atoms with van der Waals surface area (Å²) in [5.74, 6) is -0.289. The van der Waals surface area contributed by atoms with Gasteiger partial charge in [-0.2, -0.15) is 0 Å². The molecule has 40 heavy (non-hydrogen) atoms. The van der Waals surface area contributed by atoms with E-state index in [9.17, 15) is 9.18 Å². The Morgan fingerprint density at radius 2 is 1.75 bits per heavy atom. The van der Waals surface area contributed by atoms with Crippen LogP contribution in [0, 0.1) is 23.2 Å². The van der Waals surface area contributed by atoms with Crippen LogP contribution in [0.5, 0.6) is 0 Å². The molecule has 4 nitrogen and oxygen atoms in total. The number of benzene rings is 3. The second-order valence-electron chi connectivity index (χ2n) is 10.3. The molecule has 0 saturated carbocycles. The zero-order chi connectivity index (χ0) is 27.5. The molecule has 2 aliphatic rings. The molecule has 2 aromatic heterocycles. The van der Waals surface area contributed by atoms with Gasteiger partial charge in [0.2, 0.25) is 0 Å². The molecule has 7 heteroatoms. The lowest BCUT2D eigenvalue weighted by Gasteiger charge is -2.30. The van der Waals surface area contributed by atoms with Gasteiger partial charge < -0.3 is 4.57 Å². The lowest BCUT2D eigenvalue weighted by molar-refractivity contribution is 0.581. The van der Waals surface area contributed by atoms with Crippen LogP contribution in [0.4, 0.5) is 4.39 Å². The molecular formula is C33H25FIN3OS. The van der Waals surface area contributed by atoms with Crippen molar-refractivity contribution >= 4 is 45.7 Å². The highest BCUT2D eigenvalue weighted by Gasteiger charge is 2.32. The number of thiazole rings is 1. The summed E-state index contributed by atoms with van der Waals surface area (Å²) < 4.78 is 19.8. The number of nitrogens with zero attached hydrogens (tertiary/aromatic N) is 3. The fourth-order valence-corrected chi connectivity index (χ4v) is 7.38. The van der Waals surface area contributed by atoms with Crippen LogP contribution in [-0.4, -0.2) is 9.13 Å². The van der Waals surface area contributed by atoms with E-state index < -0.39 is 0 Å². The molecule has 1 aliphatic heterocycles. The molecular weight excluding hydrogens is 632 g/mol. The van der Waals surface area contributed by atoms with Crippen molar-refractivity contribution in [1.29, 1.82) is 0 Å². The largest absolute Gasteiger partial charge is 0.318 e. The van der Waals surface area contributed by atoms with Crippen molar-refractivity contribution < 1.29 is 4.39 Å². The number of hydrogen-bond donors (Lipinski definition) is 0. The molecule has 0 saturated heterocycles. The first kappa shape index (κ1) is 25.4. The Kier molecular flexibility index (Phi) is 6.24. The van der Waals surface area contributed by atoms with Gasteiger partial charge in [0, 0.05) is 26.2 Å². The van der Waals surface area contributed by atoms with E-state index in [2.05, 4.69) is 89.5 Å². The fraction of sp³-hybridized carbons (Fsp3) is 0.152. The quantitative estimate of drug-likeness (QED) is 0.205. The summed E-state index contributed by atoms with van der Waals surface area (Å²) in [5.41, 5.74) is 9.56. The molecule has 5 aromatic rings. The van der Waals surface area contributed by atoms with Crippen LogP contribution in [-0.2, 0) is 6.42 Å². The summed E-state index contributed by atoms with van der Waals surface area (Å²) in [6.07, 6.45) is 3.68. The maximum atomic E-state index is 14.1. The summed E-state index contributed by atoms with van der Waals surface area (Å²) in [7, 11) is 0. The Hall–Kier alpha value is -3.56. The van der Waals surface area contributed by atoms with E-state index in [0.717, 1.165) is 57.9 Å². The van der Waals surface area contributed by atoms with Gasteiger partial charge in [-0.3, -0.25) is 9.36 Å². The van der Waals surface area contributed by atoms with Gasteiger partial charge in [0.25, 0.3) is 5.56 Å². The lowest BCUT2D eigenvalue weighted by atomic mass is 9.83. The second-order valence-corrected chi connectivity index (χ2v) is 12.6. The Balaban J connectivity index is 1.43. The van der Waals surface area contributed by atoms with Crippen LogP contribution in [0.2, 0.25) is 0 Å². The Morgan fingerprint density at radius 3 is 2.52 bits per heavy atom. The number of fused-ring (bicyclic) bond motifs is 3. The highest BCUT2D eigenvalue weighted by Crippen LogP contribution is 2.41. The van der Waals surface area contributed by atoms with Crippen molar-refractivity contribution in [2.75, 3.05) is 0 Å². The molecule has 0 N–H and O–H groups in total. The maximum absolute atomic E-state index is 14.1. The van der Waals surface area contributed by atoms with Gasteiger partial charge in [0.1, 0.15) is 5.82 Å². The van der Waals surface area contributed by atoms with Crippen LogP contribution < -0.4 is 14.9 Å². The average molecular weight is 658 g/mol. The number of hydrogen-bond acceptors (Lipinski definition) is 3. The normalized spacial score (nSPS) is 16.4. The first-order chi connectivity index (χ1) is 19.4. The van der Waals surface area contributed by atoms with Crippen LogP contribution in [0.25, 0.3) is 17.5 Å². The van der Waals surface area contributed by atoms with Gasteiger partial charge in [-0.1, -0.05) is 47.7 Å². The standard InChI is InChI=1S/C33H25FIN3OS/c1-19-17-23(20(2)37(19)26-14-12-25(35)13-15-26)18-29-32(39)38-31(22-7-10-24(34)11-8-22)28-16-9-21-5-3-4-6-27(21)30(28)36-33(38)40-29/h3-8,10-15,17-18,31H,9,16H2,1-2H3/b29-18+/t31-/m0/s1. The molecule has 3 aromatic carbocycles. The third-order valence-corrected chi connectivity index (χ3v) is 9.60. The topological polar surface area (TPSA) is 39.3 Å². The fourth-order valence-electron chi connectivity index (χ4n) is 6.03. The second kappa shape index (κ2) is 9.82. The molecule has 1 aliphatic carbocycles. The summed E-state index contributed by atoms with van der Waals surface area (Å²) in [4.78, 5) is 19.8. The monoisotopic (exact) mass is 657 g/mol. The number of halogens is 2. The van der Waals surface area contributed by atoms with E-state index in [1.54, 1.807) is 12.1 Å². The maximum Gasteiger partial charge on any atom is 0.271 e. The predicted molar refractivity (Wildman–Crippen MR) is 167 cm³/mol. The van der Waals surface area contributed by atoms with Crippen molar-refractivity contribution in [2.45, 2.75) is 32.7 Å². The zero-order valence-corrected chi connectivity index (χ0v) is 25.0. The van der Waals surface area contributed by atoms with Crippen LogP contribution in [0.1, 0.15) is 46.1 Å². The van der Waals surface area contributed by atoms with E-state index >= 15 is 0 Å². The van der Waals surface area contributed by atoms with Gasteiger partial charge in [-0.25, -0.2) is 9.38 Å². The van der Waals surface area contributed by atoms with Crippen LogP contribution in [0.3, 0.4) is 0 Å². The van der Waals surface area contributed by atoms with E-state index in [1.165, 1.54) is 32.6 Å². The SMILES string of the molecule is Cc1cc(/C=c2/sc3n(c2=O)[C@@H](c2ccc(F)cc2)C2=C(N=3)c3ccccc3CC2)c(C)n1-c1ccc(I)cc1. The molecule has 7 rings (SSSR count). The van der Waals surface area contributed by atoms with Crippen molar-refractivity contribution in [3.05, 3.63) is 147 Å². The van der Waals surface area contributed by atoms with Gasteiger partial charge >= 0.3 is 0 Å². The number of aromatic nitrogens is 2. The van der Waals surface area contributed by atoms with Crippen LogP contribution in [0.15, 0.2) is 94.2 Å². The highest BCUT2D eigenvalue weighted by atomic mass is 127. The van der Waals surface area contributed by atoms with E-state index in [4.69, 9.17) is 4.99 Å². The molecule has 0 amide bonds. The third-order valence-electron chi connectivity index (χ3n) is 7.90. The first-order valence-corrected chi connectivity index (χ1v) is 15.1. The first-order valence-electron chi connectivity index (χ1n) is 13.2. The third kappa shape index (κ3) is 4.14. The molecule has 198 valence electrons. The highest BCUT2D eigenvalue weighted by molar-refractivity contribution is 14.1. The molecule has 3 heterocycles. The number of rotatable bonds is 3. The van der Waals surface area contributed by atoms with Gasteiger partial charge in [-0.05, 0) is 120 Å². The van der Waals surface area contributed by atoms with E-state index in [1.807, 2.05) is 16.7 Å². The zero-order valence-electron chi connectivity index (χ0n) is 22.0. The van der Waals surface area contributed by atoms with Crippen molar-refractivity contribution in [2.24, 2.45) is 4.99 Å². The van der Waals surface area contributed by atoms with Crippen molar-refractivity contribution in [1.82, 2.24) is 9.13 Å². The molecule has 0 spiro atoms. The Labute approximate surface area is 248 Å².